The zero-order chi connectivity index (χ0) is 10.9. The van der Waals surface area contributed by atoms with Crippen LogP contribution in [0.3, 0.4) is 0 Å². The normalized spacial score (nSPS) is 11.9. The average Bonchev–Trinajstić information content (AvgIpc) is 2.13. The third-order valence-corrected chi connectivity index (χ3v) is 3.50. The first kappa shape index (κ1) is 11.6. The van der Waals surface area contributed by atoms with Crippen LogP contribution in [0.15, 0.2) is 12.1 Å². The van der Waals surface area contributed by atoms with Crippen molar-refractivity contribution in [1.82, 2.24) is 0 Å². The van der Waals surface area contributed by atoms with Crippen LogP contribution in [0.25, 0.3) is 0 Å². The maximum absolute atomic E-state index is 12.9. The molecule has 0 saturated carbocycles. The third-order valence-electron chi connectivity index (χ3n) is 2.10. The summed E-state index contributed by atoms with van der Waals surface area (Å²) >= 11 is 3.24. The Morgan fingerprint density at radius 2 is 1.57 bits per heavy atom. The van der Waals surface area contributed by atoms with Crippen molar-refractivity contribution in [3.8, 4) is 0 Å². The highest BCUT2D eigenvalue weighted by Crippen LogP contribution is 2.27. The lowest BCUT2D eigenvalue weighted by Crippen LogP contribution is -2.19. The molecule has 0 atom stereocenters. The summed E-state index contributed by atoms with van der Waals surface area (Å²) in [6.45, 7) is 3.63. The maximum atomic E-state index is 12.9. The van der Waals surface area contributed by atoms with Crippen molar-refractivity contribution < 1.29 is 13.2 Å². The fraction of sp³-hybridized carbons (Fsp3) is 0.400. The zero-order valence-corrected chi connectivity index (χ0v) is 9.46. The van der Waals surface area contributed by atoms with Crippen molar-refractivity contribution in [3.05, 3.63) is 35.1 Å². The Kier molecular flexibility index (Phi) is 3.24. The number of hydrogen-bond acceptors (Lipinski definition) is 0. The van der Waals surface area contributed by atoms with E-state index in [4.69, 9.17) is 0 Å². The van der Waals surface area contributed by atoms with Gasteiger partial charge in [-0.25, -0.2) is 13.2 Å². The molecule has 0 spiro atoms. The second-order valence-corrected chi connectivity index (χ2v) is 4.33. The molecule has 78 valence electrons. The van der Waals surface area contributed by atoms with Gasteiger partial charge in [0.1, 0.15) is 0 Å². The summed E-state index contributed by atoms with van der Waals surface area (Å²) in [6.07, 6.45) is 0. The quantitative estimate of drug-likeness (QED) is 0.565. The van der Waals surface area contributed by atoms with E-state index >= 15 is 0 Å². The van der Waals surface area contributed by atoms with Crippen LogP contribution in [-0.4, -0.2) is 5.33 Å². The van der Waals surface area contributed by atoms with Crippen LogP contribution < -0.4 is 0 Å². The second kappa shape index (κ2) is 3.93. The summed E-state index contributed by atoms with van der Waals surface area (Å²) in [4.78, 5) is 0. The molecule has 0 amide bonds. The van der Waals surface area contributed by atoms with Crippen LogP contribution in [0.4, 0.5) is 13.2 Å². The van der Waals surface area contributed by atoms with E-state index in [0.29, 0.717) is 10.9 Å². The lowest BCUT2D eigenvalue weighted by molar-refractivity contribution is 0.440. The van der Waals surface area contributed by atoms with E-state index in [1.165, 1.54) is 0 Å². The molecule has 1 aromatic rings. The van der Waals surface area contributed by atoms with Gasteiger partial charge in [0.15, 0.2) is 17.5 Å². The largest absolute Gasteiger partial charge is 0.204 e. The molecule has 0 saturated heterocycles. The van der Waals surface area contributed by atoms with Gasteiger partial charge in [-0.1, -0.05) is 29.8 Å². The van der Waals surface area contributed by atoms with Gasteiger partial charge in [0.05, 0.1) is 0 Å². The summed E-state index contributed by atoms with van der Waals surface area (Å²) in [6, 6.07) is 2.05. The summed E-state index contributed by atoms with van der Waals surface area (Å²) < 4.78 is 38.4. The molecule has 4 heteroatoms. The maximum Gasteiger partial charge on any atom is 0.194 e. The van der Waals surface area contributed by atoms with Crippen LogP contribution in [-0.2, 0) is 5.41 Å². The molecule has 0 nitrogen and oxygen atoms in total. The Balaban J connectivity index is 3.26. The van der Waals surface area contributed by atoms with Crippen LogP contribution in [0.5, 0.6) is 0 Å². The molecule has 0 heterocycles. The Morgan fingerprint density at radius 3 is 1.93 bits per heavy atom. The molecule has 0 unspecified atom stereocenters. The molecule has 0 radical (unpaired) electrons. The lowest BCUT2D eigenvalue weighted by Gasteiger charge is -2.22. The van der Waals surface area contributed by atoms with Crippen LogP contribution in [0, 0.1) is 17.5 Å². The number of alkyl halides is 1. The van der Waals surface area contributed by atoms with Crippen molar-refractivity contribution in [2.45, 2.75) is 19.3 Å². The molecule has 0 aliphatic rings. The molecule has 1 aromatic carbocycles. The van der Waals surface area contributed by atoms with Crippen LogP contribution in [0.1, 0.15) is 19.4 Å². The highest BCUT2D eigenvalue weighted by Gasteiger charge is 2.22. The predicted molar refractivity (Wildman–Crippen MR) is 53.1 cm³/mol. The number of benzene rings is 1. The summed E-state index contributed by atoms with van der Waals surface area (Å²) in [5.41, 5.74) is 0.0147. The average molecular weight is 267 g/mol. The minimum atomic E-state index is -1.42. The number of halogens is 4. The van der Waals surface area contributed by atoms with Gasteiger partial charge < -0.3 is 0 Å². The Morgan fingerprint density at radius 1 is 1.14 bits per heavy atom. The zero-order valence-electron chi connectivity index (χ0n) is 7.87. The lowest BCUT2D eigenvalue weighted by atomic mass is 9.87. The van der Waals surface area contributed by atoms with Gasteiger partial charge in [0.2, 0.25) is 0 Å². The van der Waals surface area contributed by atoms with Crippen molar-refractivity contribution >= 4 is 15.9 Å². The molecule has 0 aliphatic carbocycles. The minimum absolute atomic E-state index is 0.421. The number of rotatable bonds is 2. The molecule has 0 aromatic heterocycles. The molecule has 0 fully saturated rings. The van der Waals surface area contributed by atoms with Crippen molar-refractivity contribution in [2.75, 3.05) is 5.33 Å². The smallest absolute Gasteiger partial charge is 0.194 e. The molecular weight excluding hydrogens is 257 g/mol. The van der Waals surface area contributed by atoms with Crippen LogP contribution >= 0.6 is 15.9 Å². The highest BCUT2D eigenvalue weighted by atomic mass is 79.9. The molecule has 0 aliphatic heterocycles. The van der Waals surface area contributed by atoms with E-state index in [-0.39, 0.29) is 0 Å². The first-order valence-electron chi connectivity index (χ1n) is 4.09. The third kappa shape index (κ3) is 2.11. The van der Waals surface area contributed by atoms with E-state index in [9.17, 15) is 13.2 Å². The van der Waals surface area contributed by atoms with Gasteiger partial charge in [0, 0.05) is 5.33 Å². The molecule has 1 rings (SSSR count). The van der Waals surface area contributed by atoms with Gasteiger partial charge in [-0.15, -0.1) is 0 Å². The summed E-state index contributed by atoms with van der Waals surface area (Å²) in [5, 5.41) is 0.546. The summed E-state index contributed by atoms with van der Waals surface area (Å²) in [7, 11) is 0. The SMILES string of the molecule is CC(C)(CBr)c1cc(F)c(F)c(F)c1. The van der Waals surface area contributed by atoms with Gasteiger partial charge in [-0.05, 0) is 23.1 Å². The van der Waals surface area contributed by atoms with E-state index in [2.05, 4.69) is 15.9 Å². The fourth-order valence-electron chi connectivity index (χ4n) is 1.02. The minimum Gasteiger partial charge on any atom is -0.204 e. The Bertz CT molecular complexity index is 324. The van der Waals surface area contributed by atoms with Gasteiger partial charge >= 0.3 is 0 Å². The monoisotopic (exact) mass is 266 g/mol. The predicted octanol–water partition coefficient (Wildman–Crippen LogP) is 3.78. The highest BCUT2D eigenvalue weighted by molar-refractivity contribution is 9.09. The van der Waals surface area contributed by atoms with Gasteiger partial charge in [-0.3, -0.25) is 0 Å². The molecule has 14 heavy (non-hydrogen) atoms. The van der Waals surface area contributed by atoms with E-state index in [1.54, 1.807) is 0 Å². The van der Waals surface area contributed by atoms with E-state index in [0.717, 1.165) is 12.1 Å². The molecular formula is C10H10BrF3. The van der Waals surface area contributed by atoms with Gasteiger partial charge in [0.25, 0.3) is 0 Å². The number of hydrogen-bond donors (Lipinski definition) is 0. The first-order chi connectivity index (χ1) is 6.38. The molecule has 0 bridgehead atoms. The topological polar surface area (TPSA) is 0 Å². The standard InChI is InChI=1S/C10H10BrF3/c1-10(2,5-11)6-3-7(12)9(14)8(13)4-6/h3-4H,5H2,1-2H3. The first-order valence-corrected chi connectivity index (χ1v) is 5.21. The van der Waals surface area contributed by atoms with Crippen molar-refractivity contribution in [2.24, 2.45) is 0 Å². The van der Waals surface area contributed by atoms with E-state index < -0.39 is 22.9 Å². The van der Waals surface area contributed by atoms with Crippen molar-refractivity contribution in [3.63, 3.8) is 0 Å². The van der Waals surface area contributed by atoms with Gasteiger partial charge in [-0.2, -0.15) is 0 Å². The Hall–Kier alpha value is -0.510. The Labute approximate surface area is 89.3 Å². The summed E-state index contributed by atoms with van der Waals surface area (Å²) in [5.74, 6) is -3.71. The fourth-order valence-corrected chi connectivity index (χ4v) is 1.35. The van der Waals surface area contributed by atoms with Crippen molar-refractivity contribution in [1.29, 1.82) is 0 Å². The van der Waals surface area contributed by atoms with Crippen LogP contribution in [0.2, 0.25) is 0 Å². The van der Waals surface area contributed by atoms with E-state index in [1.807, 2.05) is 13.8 Å². The second-order valence-electron chi connectivity index (χ2n) is 3.77. The molecule has 0 N–H and O–H groups in total.